The Kier molecular flexibility index (Phi) is 6.99. The topological polar surface area (TPSA) is 57.3 Å². The van der Waals surface area contributed by atoms with Crippen molar-refractivity contribution in [2.45, 2.75) is 6.42 Å². The highest BCUT2D eigenvalue weighted by molar-refractivity contribution is 6.31. The van der Waals surface area contributed by atoms with Gasteiger partial charge in [-0.05, 0) is 24.3 Å². The van der Waals surface area contributed by atoms with E-state index in [0.29, 0.717) is 5.82 Å². The van der Waals surface area contributed by atoms with E-state index >= 15 is 0 Å². The van der Waals surface area contributed by atoms with Gasteiger partial charge < -0.3 is 15.5 Å². The molecule has 1 aliphatic heterocycles. The summed E-state index contributed by atoms with van der Waals surface area (Å²) in [5.41, 5.74) is 1.21. The van der Waals surface area contributed by atoms with Crippen molar-refractivity contribution in [3.63, 3.8) is 0 Å². The van der Waals surface area contributed by atoms with Gasteiger partial charge in [0.25, 0.3) is 0 Å². The molecule has 0 saturated carbocycles. The molecule has 2 N–H and O–H groups in total. The molecule has 0 aliphatic carbocycles. The van der Waals surface area contributed by atoms with Gasteiger partial charge in [0.2, 0.25) is 5.91 Å². The Labute approximate surface area is 157 Å². The van der Waals surface area contributed by atoms with Crippen LogP contribution in [0.15, 0.2) is 36.5 Å². The van der Waals surface area contributed by atoms with E-state index in [-0.39, 0.29) is 35.3 Å². The zero-order chi connectivity index (χ0) is 16.9. The first-order valence-corrected chi connectivity index (χ1v) is 8.16. The third kappa shape index (κ3) is 5.04. The number of halogens is 3. The van der Waals surface area contributed by atoms with Crippen LogP contribution in [-0.2, 0) is 11.2 Å². The second-order valence-corrected chi connectivity index (χ2v) is 5.97. The minimum Gasteiger partial charge on any atom is -0.368 e. The molecule has 1 aromatic carbocycles. The third-order valence-corrected chi connectivity index (χ3v) is 4.25. The SMILES string of the molecule is Cl.O=C(Cc1c(F)cccc1Cl)Nc1ccc(N2CCNCC2)cn1. The lowest BCUT2D eigenvalue weighted by molar-refractivity contribution is -0.115. The first-order valence-electron chi connectivity index (χ1n) is 7.78. The molecule has 0 atom stereocenters. The molecule has 1 aliphatic rings. The van der Waals surface area contributed by atoms with Crippen molar-refractivity contribution >= 4 is 41.4 Å². The molecule has 3 rings (SSSR count). The number of carbonyl (C=O) groups is 1. The molecule has 25 heavy (non-hydrogen) atoms. The van der Waals surface area contributed by atoms with Crippen molar-refractivity contribution in [2.75, 3.05) is 36.4 Å². The maximum absolute atomic E-state index is 13.7. The quantitative estimate of drug-likeness (QED) is 0.850. The van der Waals surface area contributed by atoms with Crippen molar-refractivity contribution < 1.29 is 9.18 Å². The number of anilines is 2. The maximum Gasteiger partial charge on any atom is 0.230 e. The smallest absolute Gasteiger partial charge is 0.230 e. The van der Waals surface area contributed by atoms with E-state index in [2.05, 4.69) is 20.5 Å². The van der Waals surface area contributed by atoms with Crippen LogP contribution >= 0.6 is 24.0 Å². The lowest BCUT2D eigenvalue weighted by Crippen LogP contribution is -2.43. The zero-order valence-electron chi connectivity index (χ0n) is 13.5. The van der Waals surface area contributed by atoms with Gasteiger partial charge in [-0.1, -0.05) is 17.7 Å². The molecule has 0 spiro atoms. The van der Waals surface area contributed by atoms with E-state index in [1.807, 2.05) is 6.07 Å². The van der Waals surface area contributed by atoms with Gasteiger partial charge in [0.05, 0.1) is 18.3 Å². The van der Waals surface area contributed by atoms with Crippen LogP contribution in [0.2, 0.25) is 5.02 Å². The van der Waals surface area contributed by atoms with Gasteiger partial charge in [-0.3, -0.25) is 4.79 Å². The number of amides is 1. The van der Waals surface area contributed by atoms with E-state index in [9.17, 15) is 9.18 Å². The molecule has 0 unspecified atom stereocenters. The molecule has 2 heterocycles. The Balaban J connectivity index is 0.00000225. The molecular weight excluding hydrogens is 366 g/mol. The average molecular weight is 385 g/mol. The zero-order valence-corrected chi connectivity index (χ0v) is 15.0. The van der Waals surface area contributed by atoms with Gasteiger partial charge in [-0.2, -0.15) is 0 Å². The lowest BCUT2D eigenvalue weighted by Gasteiger charge is -2.29. The summed E-state index contributed by atoms with van der Waals surface area (Å²) >= 11 is 5.94. The minimum atomic E-state index is -0.486. The normalized spacial score (nSPS) is 13.9. The fraction of sp³-hybridized carbons (Fsp3) is 0.294. The van der Waals surface area contributed by atoms with Crippen molar-refractivity contribution in [3.8, 4) is 0 Å². The second-order valence-electron chi connectivity index (χ2n) is 5.56. The molecule has 0 radical (unpaired) electrons. The number of hydrogen-bond acceptors (Lipinski definition) is 4. The van der Waals surface area contributed by atoms with Gasteiger partial charge in [-0.25, -0.2) is 9.37 Å². The van der Waals surface area contributed by atoms with Crippen molar-refractivity contribution in [1.82, 2.24) is 10.3 Å². The molecule has 5 nitrogen and oxygen atoms in total. The number of nitrogens with one attached hydrogen (secondary N) is 2. The standard InChI is InChI=1S/C17H18ClFN4O.ClH/c18-14-2-1-3-15(19)13(14)10-17(24)22-16-5-4-12(11-21-16)23-8-6-20-7-9-23;/h1-5,11,20H,6-10H2,(H,21,22,24);1H. The summed E-state index contributed by atoms with van der Waals surface area (Å²) in [7, 11) is 0. The Bertz CT molecular complexity index is 701. The van der Waals surface area contributed by atoms with Crippen LogP contribution in [0.25, 0.3) is 0 Å². The summed E-state index contributed by atoms with van der Waals surface area (Å²) < 4.78 is 13.7. The summed E-state index contributed by atoms with van der Waals surface area (Å²) in [6.07, 6.45) is 1.60. The van der Waals surface area contributed by atoms with Crippen LogP contribution in [0.1, 0.15) is 5.56 Å². The number of carbonyl (C=O) groups excluding carboxylic acids is 1. The Morgan fingerprint density at radius 2 is 2.04 bits per heavy atom. The number of nitrogens with zero attached hydrogens (tertiary/aromatic N) is 2. The summed E-state index contributed by atoms with van der Waals surface area (Å²) in [5.74, 6) is -0.407. The highest BCUT2D eigenvalue weighted by atomic mass is 35.5. The first-order chi connectivity index (χ1) is 11.6. The predicted octanol–water partition coefficient (Wildman–Crippen LogP) is 2.89. The molecule has 134 valence electrons. The molecule has 8 heteroatoms. The second kappa shape index (κ2) is 8.99. The van der Waals surface area contributed by atoms with E-state index in [0.717, 1.165) is 31.9 Å². The number of pyridine rings is 1. The number of aromatic nitrogens is 1. The van der Waals surface area contributed by atoms with Crippen LogP contribution in [0, 0.1) is 5.82 Å². The summed E-state index contributed by atoms with van der Waals surface area (Å²) in [6, 6.07) is 8.03. The van der Waals surface area contributed by atoms with Crippen molar-refractivity contribution in [1.29, 1.82) is 0 Å². The van der Waals surface area contributed by atoms with Crippen molar-refractivity contribution in [2.24, 2.45) is 0 Å². The monoisotopic (exact) mass is 384 g/mol. The lowest BCUT2D eigenvalue weighted by atomic mass is 10.1. The largest absolute Gasteiger partial charge is 0.368 e. The van der Waals surface area contributed by atoms with Gasteiger partial charge in [0.15, 0.2) is 0 Å². The van der Waals surface area contributed by atoms with E-state index < -0.39 is 5.82 Å². The van der Waals surface area contributed by atoms with E-state index in [1.54, 1.807) is 18.3 Å². The van der Waals surface area contributed by atoms with Gasteiger partial charge in [0.1, 0.15) is 11.6 Å². The number of benzene rings is 1. The molecule has 2 aromatic rings. The highest BCUT2D eigenvalue weighted by Gasteiger charge is 2.14. The minimum absolute atomic E-state index is 0. The van der Waals surface area contributed by atoms with Crippen LogP contribution in [-0.4, -0.2) is 37.1 Å². The van der Waals surface area contributed by atoms with Crippen LogP contribution in [0.4, 0.5) is 15.9 Å². The Hall–Kier alpha value is -1.89. The predicted molar refractivity (Wildman–Crippen MR) is 100 cm³/mol. The van der Waals surface area contributed by atoms with Crippen LogP contribution < -0.4 is 15.5 Å². The van der Waals surface area contributed by atoms with Gasteiger partial charge in [-0.15, -0.1) is 12.4 Å². The molecule has 1 fully saturated rings. The maximum atomic E-state index is 13.7. The fourth-order valence-corrected chi connectivity index (χ4v) is 2.85. The first kappa shape index (κ1) is 19.4. The molecule has 1 saturated heterocycles. The fourth-order valence-electron chi connectivity index (χ4n) is 2.62. The number of rotatable bonds is 4. The van der Waals surface area contributed by atoms with E-state index in [4.69, 9.17) is 11.6 Å². The summed E-state index contributed by atoms with van der Waals surface area (Å²) in [4.78, 5) is 18.6. The third-order valence-electron chi connectivity index (χ3n) is 3.90. The molecule has 1 amide bonds. The Morgan fingerprint density at radius 1 is 1.28 bits per heavy atom. The summed E-state index contributed by atoms with van der Waals surface area (Å²) in [5, 5.41) is 6.21. The summed E-state index contributed by atoms with van der Waals surface area (Å²) in [6.45, 7) is 3.75. The van der Waals surface area contributed by atoms with Gasteiger partial charge in [0, 0.05) is 36.8 Å². The molecule has 1 aromatic heterocycles. The van der Waals surface area contributed by atoms with Crippen LogP contribution in [0.5, 0.6) is 0 Å². The Morgan fingerprint density at radius 3 is 2.68 bits per heavy atom. The number of piperazine rings is 1. The molecule has 0 bridgehead atoms. The highest BCUT2D eigenvalue weighted by Crippen LogP contribution is 2.20. The van der Waals surface area contributed by atoms with E-state index in [1.165, 1.54) is 12.1 Å². The molecular formula is C17H19Cl2FN4O. The average Bonchev–Trinajstić information content (AvgIpc) is 2.60. The van der Waals surface area contributed by atoms with Crippen LogP contribution in [0.3, 0.4) is 0 Å². The van der Waals surface area contributed by atoms with Gasteiger partial charge >= 0.3 is 0 Å². The number of hydrogen-bond donors (Lipinski definition) is 2. The van der Waals surface area contributed by atoms with Crippen molar-refractivity contribution in [3.05, 3.63) is 52.9 Å².